The molecule has 0 spiro atoms. The van der Waals surface area contributed by atoms with Crippen LogP contribution in [0.2, 0.25) is 0 Å². The van der Waals surface area contributed by atoms with Crippen LogP contribution in [0.15, 0.2) is 24.3 Å². The summed E-state index contributed by atoms with van der Waals surface area (Å²) in [5.41, 5.74) is 1.76. The first kappa shape index (κ1) is 10.7. The second-order valence-corrected chi connectivity index (χ2v) is 5.13. The highest BCUT2D eigenvalue weighted by Gasteiger charge is 2.25. The molecule has 1 aliphatic rings. The maximum atomic E-state index is 10.1. The highest BCUT2D eigenvalue weighted by molar-refractivity contribution is 5.34. The smallest absolute Gasteiger partial charge is 0.0843 e. The van der Waals surface area contributed by atoms with Crippen LogP contribution in [0.25, 0.3) is 0 Å². The summed E-state index contributed by atoms with van der Waals surface area (Å²) in [6.07, 6.45) is 5.25. The van der Waals surface area contributed by atoms with Crippen LogP contribution in [0, 0.1) is 0 Å². The molecule has 15 heavy (non-hydrogen) atoms. The van der Waals surface area contributed by atoms with Crippen molar-refractivity contribution in [2.45, 2.75) is 51.0 Å². The van der Waals surface area contributed by atoms with Gasteiger partial charge in [-0.3, -0.25) is 0 Å². The van der Waals surface area contributed by atoms with E-state index in [1.807, 2.05) is 19.9 Å². The lowest BCUT2D eigenvalue weighted by atomic mass is 9.86. The van der Waals surface area contributed by atoms with Crippen LogP contribution in [0.1, 0.15) is 56.6 Å². The van der Waals surface area contributed by atoms with E-state index in [-0.39, 0.29) is 0 Å². The summed E-state index contributed by atoms with van der Waals surface area (Å²) >= 11 is 0. The average molecular weight is 204 g/mol. The lowest BCUT2D eigenvalue weighted by Crippen LogP contribution is -2.18. The molecule has 0 unspecified atom stereocenters. The number of aliphatic hydroxyl groups is 1. The van der Waals surface area contributed by atoms with Gasteiger partial charge in [-0.05, 0) is 43.7 Å². The van der Waals surface area contributed by atoms with Crippen LogP contribution >= 0.6 is 0 Å². The Bertz CT molecular complexity index is 329. The van der Waals surface area contributed by atoms with Gasteiger partial charge in [0.05, 0.1) is 5.60 Å². The highest BCUT2D eigenvalue weighted by Crippen LogP contribution is 2.38. The number of rotatable bonds is 2. The summed E-state index contributed by atoms with van der Waals surface area (Å²) in [6.45, 7) is 3.75. The van der Waals surface area contributed by atoms with Crippen LogP contribution in [-0.2, 0) is 5.60 Å². The van der Waals surface area contributed by atoms with Crippen LogP contribution in [0.3, 0.4) is 0 Å². The number of benzene rings is 1. The maximum absolute atomic E-state index is 10.1. The largest absolute Gasteiger partial charge is 0.386 e. The molecule has 0 bridgehead atoms. The fraction of sp³-hybridized carbons (Fsp3) is 0.571. The molecule has 1 nitrogen and oxygen atoms in total. The van der Waals surface area contributed by atoms with E-state index in [9.17, 15) is 5.11 Å². The zero-order valence-corrected chi connectivity index (χ0v) is 9.66. The Morgan fingerprint density at radius 1 is 1.13 bits per heavy atom. The quantitative estimate of drug-likeness (QED) is 0.780. The Labute approximate surface area is 92.1 Å². The molecule has 0 radical (unpaired) electrons. The molecule has 1 heteroatoms. The Kier molecular flexibility index (Phi) is 2.83. The minimum absolute atomic E-state index is 0.674. The first-order chi connectivity index (χ1) is 7.09. The second kappa shape index (κ2) is 3.97. The number of hydrogen-bond donors (Lipinski definition) is 1. The fourth-order valence-corrected chi connectivity index (χ4v) is 2.65. The van der Waals surface area contributed by atoms with E-state index in [0.29, 0.717) is 5.92 Å². The molecule has 0 heterocycles. The van der Waals surface area contributed by atoms with Crippen molar-refractivity contribution >= 4 is 0 Å². The van der Waals surface area contributed by atoms with Crippen LogP contribution in [-0.4, -0.2) is 5.11 Å². The zero-order valence-electron chi connectivity index (χ0n) is 9.66. The van der Waals surface area contributed by atoms with Crippen molar-refractivity contribution < 1.29 is 5.11 Å². The predicted octanol–water partition coefficient (Wildman–Crippen LogP) is 3.57. The van der Waals surface area contributed by atoms with E-state index in [0.717, 1.165) is 5.56 Å². The molecule has 2 rings (SSSR count). The second-order valence-electron chi connectivity index (χ2n) is 5.13. The highest BCUT2D eigenvalue weighted by atomic mass is 16.3. The summed E-state index contributed by atoms with van der Waals surface area (Å²) < 4.78 is 0. The van der Waals surface area contributed by atoms with Crippen molar-refractivity contribution in [3.8, 4) is 0 Å². The van der Waals surface area contributed by atoms with Crippen molar-refractivity contribution in [3.63, 3.8) is 0 Å². The van der Waals surface area contributed by atoms with E-state index in [2.05, 4.69) is 18.2 Å². The molecule has 0 aliphatic heterocycles. The standard InChI is InChI=1S/C14H20O/c1-14(2,15)13-10-6-5-9-12(13)11-7-3-4-8-11/h5-6,9-11,15H,3-4,7-8H2,1-2H3. The first-order valence-electron chi connectivity index (χ1n) is 5.91. The lowest BCUT2D eigenvalue weighted by molar-refractivity contribution is 0.0772. The van der Waals surface area contributed by atoms with Gasteiger partial charge in [-0.1, -0.05) is 37.1 Å². The molecule has 1 saturated carbocycles. The molecule has 0 aromatic heterocycles. The van der Waals surface area contributed by atoms with Gasteiger partial charge in [0.15, 0.2) is 0 Å². The van der Waals surface area contributed by atoms with Crippen molar-refractivity contribution in [1.82, 2.24) is 0 Å². The van der Waals surface area contributed by atoms with Crippen molar-refractivity contribution in [3.05, 3.63) is 35.4 Å². The van der Waals surface area contributed by atoms with Crippen molar-refractivity contribution in [1.29, 1.82) is 0 Å². The minimum Gasteiger partial charge on any atom is -0.386 e. The Hall–Kier alpha value is -0.820. The molecule has 1 aromatic carbocycles. The van der Waals surface area contributed by atoms with E-state index in [1.165, 1.54) is 31.2 Å². The van der Waals surface area contributed by atoms with Gasteiger partial charge in [0, 0.05) is 0 Å². The SMILES string of the molecule is CC(C)(O)c1ccccc1C1CCCC1. The van der Waals surface area contributed by atoms with Crippen LogP contribution in [0.4, 0.5) is 0 Å². The molecule has 0 amide bonds. The lowest BCUT2D eigenvalue weighted by Gasteiger charge is -2.24. The van der Waals surface area contributed by atoms with Gasteiger partial charge >= 0.3 is 0 Å². The van der Waals surface area contributed by atoms with Crippen LogP contribution < -0.4 is 0 Å². The van der Waals surface area contributed by atoms with E-state index in [4.69, 9.17) is 0 Å². The molecule has 1 N–H and O–H groups in total. The normalized spacial score (nSPS) is 18.3. The topological polar surface area (TPSA) is 20.2 Å². The molecule has 1 aromatic rings. The van der Waals surface area contributed by atoms with Gasteiger partial charge in [-0.2, -0.15) is 0 Å². The Morgan fingerprint density at radius 2 is 1.73 bits per heavy atom. The molecule has 82 valence electrons. The Balaban J connectivity index is 2.37. The monoisotopic (exact) mass is 204 g/mol. The molecule has 1 aliphatic carbocycles. The van der Waals surface area contributed by atoms with Gasteiger partial charge < -0.3 is 5.11 Å². The summed E-state index contributed by atoms with van der Waals surface area (Å²) in [5, 5.41) is 10.1. The van der Waals surface area contributed by atoms with Gasteiger partial charge in [0.2, 0.25) is 0 Å². The third-order valence-electron chi connectivity index (χ3n) is 3.41. The maximum Gasteiger partial charge on any atom is 0.0843 e. The molecular weight excluding hydrogens is 184 g/mol. The summed E-state index contributed by atoms with van der Waals surface area (Å²) in [5.74, 6) is 0.674. The minimum atomic E-state index is -0.709. The summed E-state index contributed by atoms with van der Waals surface area (Å²) in [7, 11) is 0. The summed E-state index contributed by atoms with van der Waals surface area (Å²) in [6, 6.07) is 8.35. The average Bonchev–Trinajstić information content (AvgIpc) is 2.69. The summed E-state index contributed by atoms with van der Waals surface area (Å²) in [4.78, 5) is 0. The third kappa shape index (κ3) is 2.23. The third-order valence-corrected chi connectivity index (χ3v) is 3.41. The fourth-order valence-electron chi connectivity index (χ4n) is 2.65. The van der Waals surface area contributed by atoms with Crippen molar-refractivity contribution in [2.24, 2.45) is 0 Å². The molecular formula is C14H20O. The van der Waals surface area contributed by atoms with Crippen molar-refractivity contribution in [2.75, 3.05) is 0 Å². The van der Waals surface area contributed by atoms with Gasteiger partial charge in [0.25, 0.3) is 0 Å². The predicted molar refractivity (Wildman–Crippen MR) is 62.9 cm³/mol. The Morgan fingerprint density at radius 3 is 2.33 bits per heavy atom. The van der Waals surface area contributed by atoms with Gasteiger partial charge in [-0.15, -0.1) is 0 Å². The molecule has 0 saturated heterocycles. The van der Waals surface area contributed by atoms with Crippen LogP contribution in [0.5, 0.6) is 0 Å². The molecule has 0 atom stereocenters. The van der Waals surface area contributed by atoms with E-state index >= 15 is 0 Å². The van der Waals surface area contributed by atoms with E-state index < -0.39 is 5.60 Å². The first-order valence-corrected chi connectivity index (χ1v) is 5.91. The molecule has 1 fully saturated rings. The van der Waals surface area contributed by atoms with Gasteiger partial charge in [-0.25, -0.2) is 0 Å². The van der Waals surface area contributed by atoms with Gasteiger partial charge in [0.1, 0.15) is 0 Å². The zero-order chi connectivity index (χ0) is 10.9. The van der Waals surface area contributed by atoms with E-state index in [1.54, 1.807) is 0 Å². The number of hydrogen-bond acceptors (Lipinski definition) is 1.